The van der Waals surface area contributed by atoms with E-state index in [0.29, 0.717) is 5.25 Å². The van der Waals surface area contributed by atoms with E-state index in [-0.39, 0.29) is 5.41 Å². The van der Waals surface area contributed by atoms with Crippen LogP contribution in [-0.4, -0.2) is 10.2 Å². The lowest BCUT2D eigenvalue weighted by Crippen LogP contribution is -2.10. The molecule has 1 atom stereocenters. The first-order chi connectivity index (χ1) is 9.54. The smallest absolute Gasteiger partial charge is 0.0815 e. The Labute approximate surface area is 124 Å². The van der Waals surface area contributed by atoms with Crippen LogP contribution in [0.3, 0.4) is 0 Å². The summed E-state index contributed by atoms with van der Waals surface area (Å²) < 4.78 is 0. The summed E-state index contributed by atoms with van der Waals surface area (Å²) in [5.74, 6) is 0. The molecule has 0 saturated carbocycles. The van der Waals surface area contributed by atoms with Crippen molar-refractivity contribution in [2.75, 3.05) is 0 Å². The third kappa shape index (κ3) is 1.71. The molecule has 0 radical (unpaired) electrons. The Morgan fingerprint density at radius 1 is 1.25 bits per heavy atom. The first kappa shape index (κ1) is 12.3. The molecule has 1 aromatic carbocycles. The molecule has 0 bridgehead atoms. The summed E-state index contributed by atoms with van der Waals surface area (Å²) in [6.45, 7) is 6.84. The Balaban J connectivity index is 1.96. The molecule has 2 heterocycles. The number of allylic oxidation sites excluding steroid dienone is 3. The molecular formula is C18H19NS. The number of aromatic amines is 1. The molecule has 0 spiro atoms. The quantitative estimate of drug-likeness (QED) is 0.694. The summed E-state index contributed by atoms with van der Waals surface area (Å²) in [4.78, 5) is 3.61. The molecule has 4 rings (SSSR count). The maximum Gasteiger partial charge on any atom is 0.0815 e. The highest BCUT2D eigenvalue weighted by atomic mass is 32.2. The summed E-state index contributed by atoms with van der Waals surface area (Å²) in [7, 11) is 0. The fourth-order valence-electron chi connectivity index (χ4n) is 3.12. The predicted octanol–water partition coefficient (Wildman–Crippen LogP) is 5.28. The number of fused-ring (bicyclic) bond motifs is 5. The highest BCUT2D eigenvalue weighted by Crippen LogP contribution is 2.50. The summed E-state index contributed by atoms with van der Waals surface area (Å²) in [5.41, 5.74) is 5.83. The van der Waals surface area contributed by atoms with E-state index in [1.54, 1.807) is 0 Å². The first-order valence-corrected chi connectivity index (χ1v) is 8.12. The summed E-state index contributed by atoms with van der Waals surface area (Å²) >= 11 is 1.98. The topological polar surface area (TPSA) is 15.8 Å². The van der Waals surface area contributed by atoms with Gasteiger partial charge in [-0.15, -0.1) is 0 Å². The van der Waals surface area contributed by atoms with Crippen LogP contribution in [0, 0.1) is 0 Å². The van der Waals surface area contributed by atoms with E-state index >= 15 is 0 Å². The number of H-pyrrole nitrogens is 1. The highest BCUT2D eigenvalue weighted by molar-refractivity contribution is 8.00. The number of aromatic nitrogens is 1. The van der Waals surface area contributed by atoms with Gasteiger partial charge in [0.2, 0.25) is 0 Å². The minimum atomic E-state index is 0.199. The normalized spacial score (nSPS) is 20.9. The molecule has 0 fully saturated rings. The van der Waals surface area contributed by atoms with Crippen molar-refractivity contribution in [2.45, 2.75) is 42.9 Å². The molecule has 1 nitrogen and oxygen atoms in total. The molecule has 20 heavy (non-hydrogen) atoms. The number of benzene rings is 1. The maximum atomic E-state index is 3.61. The maximum absolute atomic E-state index is 3.61. The van der Waals surface area contributed by atoms with Gasteiger partial charge in [0.15, 0.2) is 0 Å². The Kier molecular flexibility index (Phi) is 2.50. The van der Waals surface area contributed by atoms with Gasteiger partial charge < -0.3 is 4.98 Å². The Hall–Kier alpha value is -1.41. The minimum absolute atomic E-state index is 0.199. The van der Waals surface area contributed by atoms with Crippen molar-refractivity contribution in [1.82, 2.24) is 4.98 Å². The second kappa shape index (κ2) is 4.05. The molecular weight excluding hydrogens is 262 g/mol. The second-order valence-electron chi connectivity index (χ2n) is 6.73. The number of hydrogen-bond donors (Lipinski definition) is 1. The van der Waals surface area contributed by atoms with Crippen LogP contribution in [0.1, 0.15) is 38.3 Å². The van der Waals surface area contributed by atoms with Crippen molar-refractivity contribution in [1.29, 1.82) is 0 Å². The highest BCUT2D eigenvalue weighted by Gasteiger charge is 2.31. The first-order valence-electron chi connectivity index (χ1n) is 7.24. The largest absolute Gasteiger partial charge is 0.349 e. The van der Waals surface area contributed by atoms with Crippen LogP contribution >= 0.6 is 11.8 Å². The van der Waals surface area contributed by atoms with Gasteiger partial charge in [-0.05, 0) is 35.1 Å². The van der Waals surface area contributed by atoms with E-state index in [4.69, 9.17) is 0 Å². The van der Waals surface area contributed by atoms with Crippen molar-refractivity contribution in [3.05, 3.63) is 47.6 Å². The lowest BCUT2D eigenvalue weighted by Gasteiger charge is -2.19. The Bertz CT molecular complexity index is 756. The SMILES string of the molecule is CC(C)(C)c1ccc2[nH]c3c(c2c1)C1=CC=CCC1S3. The molecule has 1 unspecified atom stereocenters. The molecule has 1 aliphatic heterocycles. The summed E-state index contributed by atoms with van der Waals surface area (Å²) in [6, 6.07) is 6.88. The predicted molar refractivity (Wildman–Crippen MR) is 88.4 cm³/mol. The van der Waals surface area contributed by atoms with Gasteiger partial charge in [0.05, 0.1) is 5.03 Å². The van der Waals surface area contributed by atoms with E-state index < -0.39 is 0 Å². The molecule has 1 N–H and O–H groups in total. The number of hydrogen-bond acceptors (Lipinski definition) is 1. The van der Waals surface area contributed by atoms with Crippen molar-refractivity contribution < 1.29 is 0 Å². The van der Waals surface area contributed by atoms with Crippen LogP contribution < -0.4 is 0 Å². The van der Waals surface area contributed by atoms with Gasteiger partial charge in [0, 0.05) is 21.7 Å². The molecule has 1 aliphatic carbocycles. The van der Waals surface area contributed by atoms with Crippen molar-refractivity contribution in [3.8, 4) is 0 Å². The Morgan fingerprint density at radius 2 is 2.10 bits per heavy atom. The van der Waals surface area contributed by atoms with Crippen molar-refractivity contribution in [2.24, 2.45) is 0 Å². The number of rotatable bonds is 0. The van der Waals surface area contributed by atoms with Gasteiger partial charge in [-0.2, -0.15) is 0 Å². The fraction of sp³-hybridized carbons (Fsp3) is 0.333. The molecule has 2 aromatic rings. The van der Waals surface area contributed by atoms with Gasteiger partial charge in [0.25, 0.3) is 0 Å². The zero-order valence-electron chi connectivity index (χ0n) is 12.2. The van der Waals surface area contributed by atoms with Gasteiger partial charge >= 0.3 is 0 Å². The average Bonchev–Trinajstić information content (AvgIpc) is 2.91. The van der Waals surface area contributed by atoms with Crippen LogP contribution in [-0.2, 0) is 5.41 Å². The van der Waals surface area contributed by atoms with E-state index in [2.05, 4.69) is 62.2 Å². The van der Waals surface area contributed by atoms with E-state index in [9.17, 15) is 0 Å². The summed E-state index contributed by atoms with van der Waals surface area (Å²) in [6.07, 6.45) is 7.92. The van der Waals surface area contributed by atoms with Gasteiger partial charge in [-0.3, -0.25) is 0 Å². The molecule has 1 aromatic heterocycles. The molecule has 2 aliphatic rings. The molecule has 102 valence electrons. The van der Waals surface area contributed by atoms with Gasteiger partial charge in [0.1, 0.15) is 0 Å². The van der Waals surface area contributed by atoms with Gasteiger partial charge in [-0.1, -0.05) is 56.8 Å². The third-order valence-corrected chi connectivity index (χ3v) is 5.56. The van der Waals surface area contributed by atoms with Crippen LogP contribution in [0.2, 0.25) is 0 Å². The van der Waals surface area contributed by atoms with Crippen LogP contribution in [0.25, 0.3) is 16.5 Å². The second-order valence-corrected chi connectivity index (χ2v) is 7.94. The monoisotopic (exact) mass is 281 g/mol. The van der Waals surface area contributed by atoms with E-state index in [0.717, 1.165) is 6.42 Å². The molecule has 2 heteroatoms. The number of nitrogens with one attached hydrogen (secondary N) is 1. The van der Waals surface area contributed by atoms with Crippen molar-refractivity contribution in [3.63, 3.8) is 0 Å². The zero-order chi connectivity index (χ0) is 13.9. The minimum Gasteiger partial charge on any atom is -0.349 e. The summed E-state index contributed by atoms with van der Waals surface area (Å²) in [5, 5.41) is 3.36. The average molecular weight is 281 g/mol. The lowest BCUT2D eigenvalue weighted by atomic mass is 9.85. The van der Waals surface area contributed by atoms with E-state index in [1.165, 1.54) is 32.6 Å². The fourth-order valence-corrected chi connectivity index (χ4v) is 4.44. The van der Waals surface area contributed by atoms with E-state index in [1.807, 2.05) is 11.8 Å². The van der Waals surface area contributed by atoms with Crippen LogP contribution in [0.4, 0.5) is 0 Å². The van der Waals surface area contributed by atoms with Gasteiger partial charge in [-0.25, -0.2) is 0 Å². The lowest BCUT2D eigenvalue weighted by molar-refractivity contribution is 0.591. The molecule has 0 saturated heterocycles. The van der Waals surface area contributed by atoms with Crippen LogP contribution in [0.5, 0.6) is 0 Å². The zero-order valence-corrected chi connectivity index (χ0v) is 13.0. The van der Waals surface area contributed by atoms with Crippen molar-refractivity contribution >= 4 is 28.2 Å². The number of thioether (sulfide) groups is 1. The Morgan fingerprint density at radius 3 is 2.90 bits per heavy atom. The standard InChI is InChI=1S/C18H19NS/c1-18(2,3)11-8-9-14-13(10-11)16-12-6-4-5-7-15(12)20-17(16)19-14/h4-6,8-10,15,19H,7H2,1-3H3. The molecule has 0 amide bonds. The van der Waals surface area contributed by atoms with Crippen LogP contribution in [0.15, 0.2) is 41.5 Å². The third-order valence-electron chi connectivity index (χ3n) is 4.29.